The molecule has 0 radical (unpaired) electrons. The van der Waals surface area contributed by atoms with E-state index in [2.05, 4.69) is 15.9 Å². The van der Waals surface area contributed by atoms with E-state index in [-0.39, 0.29) is 17.6 Å². The molecule has 18 heavy (non-hydrogen) atoms. The van der Waals surface area contributed by atoms with Crippen molar-refractivity contribution in [1.82, 2.24) is 0 Å². The van der Waals surface area contributed by atoms with Gasteiger partial charge in [0, 0.05) is 4.47 Å². The van der Waals surface area contributed by atoms with Crippen LogP contribution in [-0.4, -0.2) is 32.6 Å². The van der Waals surface area contributed by atoms with Crippen LogP contribution >= 0.6 is 15.9 Å². The highest BCUT2D eigenvalue weighted by Gasteiger charge is 2.29. The quantitative estimate of drug-likeness (QED) is 0.906. The summed E-state index contributed by atoms with van der Waals surface area (Å²) in [6.07, 6.45) is 1.12. The van der Waals surface area contributed by atoms with Crippen molar-refractivity contribution in [2.45, 2.75) is 18.9 Å². The molecule has 1 atom stereocenters. The normalized spacial score (nSPS) is 22.0. The smallest absolute Gasteiger partial charge is 0.154 e. The van der Waals surface area contributed by atoms with Crippen LogP contribution in [0.25, 0.3) is 0 Å². The van der Waals surface area contributed by atoms with Gasteiger partial charge in [-0.15, -0.1) is 0 Å². The number of halogens is 1. The van der Waals surface area contributed by atoms with Crippen LogP contribution in [0.5, 0.6) is 5.75 Å². The maximum Gasteiger partial charge on any atom is 0.154 e. The van der Waals surface area contributed by atoms with E-state index in [1.165, 1.54) is 0 Å². The second-order valence-corrected chi connectivity index (χ2v) is 7.52. The Morgan fingerprint density at radius 1 is 1.44 bits per heavy atom. The van der Waals surface area contributed by atoms with Gasteiger partial charge in [0.15, 0.2) is 9.84 Å². The topological polar surface area (TPSA) is 69.4 Å². The van der Waals surface area contributed by atoms with Crippen molar-refractivity contribution >= 4 is 25.8 Å². The molecule has 1 heterocycles. The number of rotatable bonds is 4. The molecule has 1 aromatic rings. The average Bonchev–Trinajstić information content (AvgIpc) is 2.63. The van der Waals surface area contributed by atoms with Gasteiger partial charge in [0.25, 0.3) is 0 Å². The molecule has 1 aromatic carbocycles. The molecule has 0 saturated carbocycles. The lowest BCUT2D eigenvalue weighted by Crippen LogP contribution is -2.17. The summed E-state index contributed by atoms with van der Waals surface area (Å²) in [4.78, 5) is 0. The summed E-state index contributed by atoms with van der Waals surface area (Å²) in [5, 5.41) is 0. The summed E-state index contributed by atoms with van der Waals surface area (Å²) >= 11 is 3.46. The Hall–Kier alpha value is -0.590. The number of nitrogens with two attached hydrogens (primary N) is 1. The Bertz CT molecular complexity index is 530. The zero-order valence-corrected chi connectivity index (χ0v) is 12.3. The Labute approximate surface area is 116 Å². The van der Waals surface area contributed by atoms with Crippen LogP contribution < -0.4 is 10.5 Å². The number of hydrogen-bond donors (Lipinski definition) is 1. The molecular weight excluding hydrogens is 318 g/mol. The molecule has 0 aromatic heterocycles. The molecule has 2 N–H and O–H groups in total. The fourth-order valence-electron chi connectivity index (χ4n) is 2.02. The predicted octanol–water partition coefficient (Wildman–Crippen LogP) is 1.52. The van der Waals surface area contributed by atoms with E-state index < -0.39 is 9.84 Å². The van der Waals surface area contributed by atoms with E-state index in [1.54, 1.807) is 0 Å². The monoisotopic (exact) mass is 333 g/mol. The SMILES string of the molecule is NCCc1cc(OC2CCS(=O)(=O)C2)ccc1Br. The van der Waals surface area contributed by atoms with Gasteiger partial charge in [0.1, 0.15) is 11.9 Å². The van der Waals surface area contributed by atoms with Gasteiger partial charge in [-0.05, 0) is 43.1 Å². The molecule has 100 valence electrons. The van der Waals surface area contributed by atoms with Gasteiger partial charge in [-0.25, -0.2) is 8.42 Å². The highest BCUT2D eigenvalue weighted by Crippen LogP contribution is 2.25. The van der Waals surface area contributed by atoms with Gasteiger partial charge in [-0.3, -0.25) is 0 Å². The first-order valence-corrected chi connectivity index (χ1v) is 8.47. The highest BCUT2D eigenvalue weighted by atomic mass is 79.9. The molecule has 0 amide bonds. The van der Waals surface area contributed by atoms with Crippen molar-refractivity contribution in [3.8, 4) is 5.75 Å². The summed E-state index contributed by atoms with van der Waals surface area (Å²) < 4.78 is 29.4. The Morgan fingerprint density at radius 3 is 2.83 bits per heavy atom. The van der Waals surface area contributed by atoms with Crippen molar-refractivity contribution < 1.29 is 13.2 Å². The fourth-order valence-corrected chi connectivity index (χ4v) is 4.05. The molecule has 2 rings (SSSR count). The second-order valence-electron chi connectivity index (χ2n) is 4.43. The molecule has 1 fully saturated rings. The molecular formula is C12H16BrNO3S. The van der Waals surface area contributed by atoms with E-state index >= 15 is 0 Å². The first-order valence-electron chi connectivity index (χ1n) is 5.86. The number of hydrogen-bond acceptors (Lipinski definition) is 4. The third-order valence-corrected chi connectivity index (χ3v) is 5.44. The van der Waals surface area contributed by atoms with Gasteiger partial charge in [0.05, 0.1) is 11.5 Å². The third-order valence-electron chi connectivity index (χ3n) is 2.92. The van der Waals surface area contributed by atoms with E-state index in [1.807, 2.05) is 18.2 Å². The van der Waals surface area contributed by atoms with Gasteiger partial charge in [0.2, 0.25) is 0 Å². The molecule has 0 spiro atoms. The first kappa shape index (κ1) is 13.8. The number of sulfone groups is 1. The number of ether oxygens (including phenoxy) is 1. The predicted molar refractivity (Wildman–Crippen MR) is 74.6 cm³/mol. The van der Waals surface area contributed by atoms with Crippen molar-refractivity contribution in [2.75, 3.05) is 18.1 Å². The summed E-state index contributed by atoms with van der Waals surface area (Å²) in [5.74, 6) is 1.06. The van der Waals surface area contributed by atoms with Crippen molar-refractivity contribution in [2.24, 2.45) is 5.73 Å². The van der Waals surface area contributed by atoms with E-state index in [9.17, 15) is 8.42 Å². The maximum atomic E-state index is 11.4. The van der Waals surface area contributed by atoms with Crippen LogP contribution in [0.1, 0.15) is 12.0 Å². The largest absolute Gasteiger partial charge is 0.489 e. The molecule has 1 aliphatic heterocycles. The van der Waals surface area contributed by atoms with Gasteiger partial charge < -0.3 is 10.5 Å². The Morgan fingerprint density at radius 2 is 2.22 bits per heavy atom. The highest BCUT2D eigenvalue weighted by molar-refractivity contribution is 9.10. The zero-order chi connectivity index (χ0) is 13.2. The van der Waals surface area contributed by atoms with Crippen LogP contribution in [0.3, 0.4) is 0 Å². The van der Waals surface area contributed by atoms with Crippen LogP contribution in [-0.2, 0) is 16.3 Å². The second kappa shape index (κ2) is 5.59. The molecule has 0 bridgehead atoms. The zero-order valence-electron chi connectivity index (χ0n) is 9.93. The van der Waals surface area contributed by atoms with Crippen molar-refractivity contribution in [3.63, 3.8) is 0 Å². The molecule has 6 heteroatoms. The van der Waals surface area contributed by atoms with Crippen LogP contribution in [0.15, 0.2) is 22.7 Å². The Kier molecular flexibility index (Phi) is 4.29. The van der Waals surface area contributed by atoms with E-state index in [0.29, 0.717) is 18.7 Å². The third kappa shape index (κ3) is 3.46. The molecule has 1 unspecified atom stereocenters. The van der Waals surface area contributed by atoms with E-state index in [4.69, 9.17) is 10.5 Å². The minimum atomic E-state index is -2.90. The molecule has 1 saturated heterocycles. The minimum absolute atomic E-state index is 0.120. The lowest BCUT2D eigenvalue weighted by atomic mass is 10.1. The number of benzene rings is 1. The van der Waals surface area contributed by atoms with Gasteiger partial charge in [-0.2, -0.15) is 0 Å². The summed E-state index contributed by atoms with van der Waals surface area (Å²) in [6.45, 7) is 0.569. The fraction of sp³-hybridized carbons (Fsp3) is 0.500. The minimum Gasteiger partial charge on any atom is -0.489 e. The van der Waals surface area contributed by atoms with Crippen molar-refractivity contribution in [3.05, 3.63) is 28.2 Å². The summed E-state index contributed by atoms with van der Waals surface area (Å²) in [6, 6.07) is 5.67. The Balaban J connectivity index is 2.08. The first-order chi connectivity index (χ1) is 8.50. The summed E-state index contributed by atoms with van der Waals surface area (Å²) in [5.41, 5.74) is 6.62. The molecule has 1 aliphatic rings. The summed E-state index contributed by atoms with van der Waals surface area (Å²) in [7, 11) is -2.90. The lowest BCUT2D eigenvalue weighted by Gasteiger charge is -2.13. The van der Waals surface area contributed by atoms with Crippen molar-refractivity contribution in [1.29, 1.82) is 0 Å². The average molecular weight is 334 g/mol. The van der Waals surface area contributed by atoms with Gasteiger partial charge >= 0.3 is 0 Å². The van der Waals surface area contributed by atoms with Gasteiger partial charge in [-0.1, -0.05) is 15.9 Å². The van der Waals surface area contributed by atoms with E-state index in [0.717, 1.165) is 16.5 Å². The standard InChI is InChI=1S/C12H16BrNO3S/c13-12-2-1-10(7-9(12)3-5-14)17-11-4-6-18(15,16)8-11/h1-2,7,11H,3-6,8,14H2. The molecule has 0 aliphatic carbocycles. The molecule has 4 nitrogen and oxygen atoms in total. The van der Waals surface area contributed by atoms with Crippen LogP contribution in [0, 0.1) is 0 Å². The van der Waals surface area contributed by atoms with Crippen LogP contribution in [0.2, 0.25) is 0 Å². The lowest BCUT2D eigenvalue weighted by molar-refractivity contribution is 0.228. The van der Waals surface area contributed by atoms with Crippen LogP contribution in [0.4, 0.5) is 0 Å². The maximum absolute atomic E-state index is 11.4.